The first kappa shape index (κ1) is 13.1. The van der Waals surface area contributed by atoms with Crippen molar-refractivity contribution in [2.45, 2.75) is 20.4 Å². The van der Waals surface area contributed by atoms with Gasteiger partial charge in [-0.3, -0.25) is 0 Å². The fraction of sp³-hybridized carbons (Fsp3) is 0.333. The van der Waals surface area contributed by atoms with Crippen LogP contribution in [0.25, 0.3) is 0 Å². The van der Waals surface area contributed by atoms with E-state index in [1.54, 1.807) is 19.9 Å². The Morgan fingerprint density at radius 3 is 2.95 bits per heavy atom. The van der Waals surface area contributed by atoms with Crippen LogP contribution >= 0.6 is 0 Å². The minimum atomic E-state index is -0.577. The van der Waals surface area contributed by atoms with Gasteiger partial charge in [0.25, 0.3) is 5.82 Å². The van der Waals surface area contributed by atoms with Gasteiger partial charge in [0.2, 0.25) is 0 Å². The second kappa shape index (κ2) is 5.55. The number of carbonyl (C=O) groups is 1. The van der Waals surface area contributed by atoms with E-state index in [2.05, 4.69) is 15.5 Å². The highest BCUT2D eigenvalue weighted by atomic mass is 19.1. The first-order valence-corrected chi connectivity index (χ1v) is 5.80. The zero-order chi connectivity index (χ0) is 13.8. The number of halogens is 1. The zero-order valence-corrected chi connectivity index (χ0v) is 10.6. The molecule has 7 heteroatoms. The van der Waals surface area contributed by atoms with Gasteiger partial charge in [0.15, 0.2) is 0 Å². The summed E-state index contributed by atoms with van der Waals surface area (Å²) in [6, 6.07) is 4.42. The molecule has 2 rings (SSSR count). The summed E-state index contributed by atoms with van der Waals surface area (Å²) in [4.78, 5) is 11.6. The maximum absolute atomic E-state index is 13.0. The molecule has 0 unspecified atom stereocenters. The van der Waals surface area contributed by atoms with Gasteiger partial charge in [0, 0.05) is 0 Å². The first-order chi connectivity index (χ1) is 9.11. The summed E-state index contributed by atoms with van der Waals surface area (Å²) in [6.45, 7) is 4.03. The lowest BCUT2D eigenvalue weighted by molar-refractivity contribution is 0.0505. The predicted molar refractivity (Wildman–Crippen MR) is 64.0 cm³/mol. The number of aromatic nitrogens is 4. The van der Waals surface area contributed by atoms with Gasteiger partial charge in [0.05, 0.1) is 13.2 Å². The SMILES string of the molecule is CCOC(=O)c1nnnn1Cc1ccc(F)cc1C. The van der Waals surface area contributed by atoms with E-state index < -0.39 is 5.97 Å². The van der Waals surface area contributed by atoms with Gasteiger partial charge in [0.1, 0.15) is 5.82 Å². The monoisotopic (exact) mass is 264 g/mol. The molecule has 19 heavy (non-hydrogen) atoms. The number of aryl methyl sites for hydroxylation is 1. The molecule has 0 atom stereocenters. The molecule has 0 aliphatic heterocycles. The van der Waals surface area contributed by atoms with Crippen molar-refractivity contribution in [3.63, 3.8) is 0 Å². The maximum atomic E-state index is 13.0. The summed E-state index contributed by atoms with van der Waals surface area (Å²) in [5, 5.41) is 10.8. The Labute approximate surface area is 109 Å². The molecule has 1 aromatic carbocycles. The lowest BCUT2D eigenvalue weighted by Gasteiger charge is -2.07. The largest absolute Gasteiger partial charge is 0.460 e. The van der Waals surface area contributed by atoms with E-state index in [0.717, 1.165) is 11.1 Å². The molecule has 0 bridgehead atoms. The molecule has 0 amide bonds. The summed E-state index contributed by atoms with van der Waals surface area (Å²) in [5.74, 6) is -0.846. The van der Waals surface area contributed by atoms with Crippen molar-refractivity contribution in [1.29, 1.82) is 0 Å². The fourth-order valence-electron chi connectivity index (χ4n) is 1.65. The molecule has 0 aliphatic carbocycles. The van der Waals surface area contributed by atoms with Gasteiger partial charge in [-0.1, -0.05) is 6.07 Å². The van der Waals surface area contributed by atoms with Crippen LogP contribution in [0.1, 0.15) is 28.7 Å². The van der Waals surface area contributed by atoms with Gasteiger partial charge in [-0.2, -0.15) is 0 Å². The quantitative estimate of drug-likeness (QED) is 0.779. The molecule has 0 N–H and O–H groups in total. The van der Waals surface area contributed by atoms with Crippen molar-refractivity contribution in [2.24, 2.45) is 0 Å². The van der Waals surface area contributed by atoms with Crippen LogP contribution in [0, 0.1) is 12.7 Å². The number of hydrogen-bond acceptors (Lipinski definition) is 5. The van der Waals surface area contributed by atoms with Crippen LogP contribution in [0.2, 0.25) is 0 Å². The summed E-state index contributed by atoms with van der Waals surface area (Å²) >= 11 is 0. The van der Waals surface area contributed by atoms with Crippen LogP contribution in [-0.2, 0) is 11.3 Å². The van der Waals surface area contributed by atoms with E-state index in [-0.39, 0.29) is 24.8 Å². The van der Waals surface area contributed by atoms with Crippen molar-refractivity contribution < 1.29 is 13.9 Å². The summed E-state index contributed by atoms with van der Waals surface area (Å²) in [6.07, 6.45) is 0. The Morgan fingerprint density at radius 2 is 2.26 bits per heavy atom. The molecular weight excluding hydrogens is 251 g/mol. The molecular formula is C12H13FN4O2. The minimum absolute atomic E-state index is 0.0329. The normalized spacial score (nSPS) is 10.5. The number of carbonyl (C=O) groups excluding carboxylic acids is 1. The van der Waals surface area contributed by atoms with Gasteiger partial charge >= 0.3 is 5.97 Å². The average Bonchev–Trinajstić information content (AvgIpc) is 2.81. The summed E-state index contributed by atoms with van der Waals surface area (Å²) in [7, 11) is 0. The van der Waals surface area contributed by atoms with E-state index in [4.69, 9.17) is 4.74 Å². The first-order valence-electron chi connectivity index (χ1n) is 5.80. The van der Waals surface area contributed by atoms with Crippen LogP contribution in [0.4, 0.5) is 4.39 Å². The third-order valence-electron chi connectivity index (χ3n) is 2.61. The van der Waals surface area contributed by atoms with Gasteiger partial charge in [-0.25, -0.2) is 13.9 Å². The third-order valence-corrected chi connectivity index (χ3v) is 2.61. The molecule has 0 radical (unpaired) electrons. The van der Waals surface area contributed by atoms with Gasteiger partial charge < -0.3 is 4.74 Å². The average molecular weight is 264 g/mol. The van der Waals surface area contributed by atoms with Crippen LogP contribution in [-0.4, -0.2) is 32.8 Å². The van der Waals surface area contributed by atoms with Gasteiger partial charge in [-0.05, 0) is 47.5 Å². The van der Waals surface area contributed by atoms with E-state index in [9.17, 15) is 9.18 Å². The van der Waals surface area contributed by atoms with Crippen molar-refractivity contribution in [2.75, 3.05) is 6.61 Å². The minimum Gasteiger partial charge on any atom is -0.460 e. The van der Waals surface area contributed by atoms with E-state index >= 15 is 0 Å². The standard InChI is InChI=1S/C12H13FN4O2/c1-3-19-12(18)11-14-15-16-17(11)7-9-4-5-10(13)6-8(9)2/h4-6H,3,7H2,1-2H3. The molecule has 0 saturated carbocycles. The maximum Gasteiger partial charge on any atom is 0.378 e. The molecule has 0 spiro atoms. The second-order valence-corrected chi connectivity index (χ2v) is 3.95. The van der Waals surface area contributed by atoms with Crippen LogP contribution in [0.15, 0.2) is 18.2 Å². The van der Waals surface area contributed by atoms with Crippen LogP contribution in [0.5, 0.6) is 0 Å². The second-order valence-electron chi connectivity index (χ2n) is 3.95. The molecule has 100 valence electrons. The Balaban J connectivity index is 2.24. The predicted octanol–water partition coefficient (Wildman–Crippen LogP) is 1.35. The van der Waals surface area contributed by atoms with Crippen LogP contribution in [0.3, 0.4) is 0 Å². The third kappa shape index (κ3) is 2.93. The smallest absolute Gasteiger partial charge is 0.378 e. The molecule has 1 aromatic heterocycles. The number of tetrazole rings is 1. The Kier molecular flexibility index (Phi) is 3.84. The Hall–Kier alpha value is -2.31. The van der Waals surface area contributed by atoms with Crippen molar-refractivity contribution >= 4 is 5.97 Å². The lowest BCUT2D eigenvalue weighted by Crippen LogP contribution is -2.15. The number of rotatable bonds is 4. The van der Waals surface area contributed by atoms with Crippen molar-refractivity contribution in [1.82, 2.24) is 20.2 Å². The molecule has 0 fully saturated rings. The van der Waals surface area contributed by atoms with Crippen molar-refractivity contribution in [3.05, 3.63) is 41.0 Å². The highest BCUT2D eigenvalue weighted by molar-refractivity contribution is 5.85. The highest BCUT2D eigenvalue weighted by Crippen LogP contribution is 2.12. The lowest BCUT2D eigenvalue weighted by atomic mass is 10.1. The Bertz CT molecular complexity index is 597. The molecule has 0 saturated heterocycles. The molecule has 2 aromatic rings. The Morgan fingerprint density at radius 1 is 1.47 bits per heavy atom. The molecule has 0 aliphatic rings. The molecule has 6 nitrogen and oxygen atoms in total. The fourth-order valence-corrected chi connectivity index (χ4v) is 1.65. The van der Waals surface area contributed by atoms with Gasteiger partial charge in [-0.15, -0.1) is 5.10 Å². The summed E-state index contributed by atoms with van der Waals surface area (Å²) in [5.41, 5.74) is 1.60. The van der Waals surface area contributed by atoms with E-state index in [0.29, 0.717) is 0 Å². The number of ether oxygens (including phenoxy) is 1. The zero-order valence-electron chi connectivity index (χ0n) is 10.6. The number of nitrogens with zero attached hydrogens (tertiary/aromatic N) is 4. The number of esters is 1. The van der Waals surface area contributed by atoms with E-state index in [1.165, 1.54) is 16.8 Å². The molecule has 1 heterocycles. The van der Waals surface area contributed by atoms with E-state index in [1.807, 2.05) is 0 Å². The number of benzene rings is 1. The van der Waals surface area contributed by atoms with Crippen LogP contribution < -0.4 is 0 Å². The van der Waals surface area contributed by atoms with Crippen molar-refractivity contribution in [3.8, 4) is 0 Å². The summed E-state index contributed by atoms with van der Waals surface area (Å²) < 4.78 is 19.2. The highest BCUT2D eigenvalue weighted by Gasteiger charge is 2.17. The topological polar surface area (TPSA) is 69.9 Å². The number of hydrogen-bond donors (Lipinski definition) is 0.